The highest BCUT2D eigenvalue weighted by Gasteiger charge is 2.04. The zero-order valence-electron chi connectivity index (χ0n) is 11.8. The van der Waals surface area contributed by atoms with E-state index in [1.165, 1.54) is 6.07 Å². The quantitative estimate of drug-likeness (QED) is 0.663. The van der Waals surface area contributed by atoms with Crippen LogP contribution >= 0.6 is 0 Å². The van der Waals surface area contributed by atoms with Crippen molar-refractivity contribution in [3.8, 4) is 0 Å². The van der Waals surface area contributed by atoms with Gasteiger partial charge in [-0.2, -0.15) is 5.10 Å². The fourth-order valence-corrected chi connectivity index (χ4v) is 1.72. The maximum atomic E-state index is 11.5. The van der Waals surface area contributed by atoms with E-state index in [2.05, 4.69) is 20.5 Å². The number of nitrogens with zero attached hydrogens (tertiary/aromatic N) is 2. The van der Waals surface area contributed by atoms with Crippen LogP contribution in [0.25, 0.3) is 0 Å². The lowest BCUT2D eigenvalue weighted by molar-refractivity contribution is 0.810. The predicted molar refractivity (Wildman–Crippen MR) is 81.3 cm³/mol. The molecule has 0 fully saturated rings. The number of H-pyrrole nitrogens is 1. The molecule has 104 valence electrons. The molecule has 0 aliphatic rings. The van der Waals surface area contributed by atoms with Crippen LogP contribution < -0.4 is 11.0 Å². The Morgan fingerprint density at radius 2 is 2.10 bits per heavy atom. The van der Waals surface area contributed by atoms with Gasteiger partial charge in [-0.05, 0) is 24.0 Å². The number of aromatic nitrogens is 2. The van der Waals surface area contributed by atoms with E-state index in [1.54, 1.807) is 6.21 Å². The van der Waals surface area contributed by atoms with Crippen molar-refractivity contribution >= 4 is 12.2 Å². The largest absolute Gasteiger partial charge is 0.291 e. The van der Waals surface area contributed by atoms with Crippen LogP contribution in [0.1, 0.15) is 36.6 Å². The summed E-state index contributed by atoms with van der Waals surface area (Å²) in [6, 6.07) is 9.42. The molecule has 0 amide bonds. The summed E-state index contributed by atoms with van der Waals surface area (Å²) in [5.74, 6) is 0.546. The third kappa shape index (κ3) is 3.54. The Hall–Kier alpha value is -2.43. The minimum Gasteiger partial charge on any atom is -0.291 e. The molecule has 2 N–H and O–H groups in total. The number of aryl methyl sites for hydroxylation is 1. The van der Waals surface area contributed by atoms with Gasteiger partial charge in [0, 0.05) is 6.07 Å². The Labute approximate surface area is 117 Å². The lowest BCUT2D eigenvalue weighted by Crippen LogP contribution is -2.12. The Morgan fingerprint density at radius 3 is 2.80 bits per heavy atom. The van der Waals surface area contributed by atoms with Crippen molar-refractivity contribution in [1.82, 2.24) is 9.97 Å². The van der Waals surface area contributed by atoms with E-state index < -0.39 is 0 Å². The van der Waals surface area contributed by atoms with E-state index >= 15 is 0 Å². The van der Waals surface area contributed by atoms with E-state index in [0.29, 0.717) is 5.95 Å². The third-order valence-corrected chi connectivity index (χ3v) is 2.92. The van der Waals surface area contributed by atoms with E-state index in [0.717, 1.165) is 16.8 Å². The van der Waals surface area contributed by atoms with Crippen molar-refractivity contribution in [3.05, 3.63) is 57.5 Å². The van der Waals surface area contributed by atoms with Crippen LogP contribution in [-0.4, -0.2) is 16.2 Å². The highest BCUT2D eigenvalue weighted by molar-refractivity contribution is 5.81. The standard InChI is InChI=1S/C15H18N4O/c1-10(2)13-8-14(20)18-15(17-13)19-16-9-12-7-5-4-6-11(12)3/h4-10H,1-3H3,(H2,17,18,19,20)/b16-9-. The second kappa shape index (κ2) is 6.14. The molecule has 0 aliphatic carbocycles. The number of hydrogen-bond donors (Lipinski definition) is 2. The molecular formula is C15H18N4O. The predicted octanol–water partition coefficient (Wildman–Crippen LogP) is 2.65. The molecule has 0 spiro atoms. The topological polar surface area (TPSA) is 70.1 Å². The molecule has 2 aromatic rings. The average molecular weight is 270 g/mol. The second-order valence-corrected chi connectivity index (χ2v) is 4.90. The van der Waals surface area contributed by atoms with E-state index in [1.807, 2.05) is 45.0 Å². The van der Waals surface area contributed by atoms with Gasteiger partial charge in [-0.1, -0.05) is 38.1 Å². The number of hydrogen-bond acceptors (Lipinski definition) is 4. The van der Waals surface area contributed by atoms with Crippen LogP contribution in [0.2, 0.25) is 0 Å². The molecule has 0 radical (unpaired) electrons. The van der Waals surface area contributed by atoms with Gasteiger partial charge in [-0.3, -0.25) is 9.78 Å². The first-order valence-corrected chi connectivity index (χ1v) is 6.52. The minimum absolute atomic E-state index is 0.183. The van der Waals surface area contributed by atoms with E-state index in [-0.39, 0.29) is 11.5 Å². The highest BCUT2D eigenvalue weighted by atomic mass is 16.1. The van der Waals surface area contributed by atoms with E-state index in [9.17, 15) is 4.79 Å². The Morgan fingerprint density at radius 1 is 1.35 bits per heavy atom. The average Bonchev–Trinajstić information content (AvgIpc) is 2.40. The van der Waals surface area contributed by atoms with Crippen LogP contribution in [-0.2, 0) is 0 Å². The molecule has 1 aromatic carbocycles. The van der Waals surface area contributed by atoms with Gasteiger partial charge in [0.2, 0.25) is 5.95 Å². The molecule has 0 atom stereocenters. The van der Waals surface area contributed by atoms with Crippen LogP contribution in [0, 0.1) is 6.92 Å². The molecular weight excluding hydrogens is 252 g/mol. The Kier molecular flexibility index (Phi) is 4.30. The number of rotatable bonds is 4. The number of anilines is 1. The zero-order valence-corrected chi connectivity index (χ0v) is 11.8. The Balaban J connectivity index is 2.15. The molecule has 1 heterocycles. The maximum absolute atomic E-state index is 11.5. The molecule has 5 nitrogen and oxygen atoms in total. The summed E-state index contributed by atoms with van der Waals surface area (Å²) < 4.78 is 0. The van der Waals surface area contributed by atoms with Crippen molar-refractivity contribution in [3.63, 3.8) is 0 Å². The SMILES string of the molecule is Cc1ccccc1/C=N\Nc1nc(C(C)C)cc(=O)[nH]1. The molecule has 0 bridgehead atoms. The number of benzene rings is 1. The summed E-state index contributed by atoms with van der Waals surface area (Å²) in [4.78, 5) is 18.4. The maximum Gasteiger partial charge on any atom is 0.252 e. The molecule has 2 rings (SSSR count). The van der Waals surface area contributed by atoms with Crippen molar-refractivity contribution in [2.24, 2.45) is 5.10 Å². The first-order chi connectivity index (χ1) is 9.56. The molecule has 0 unspecified atom stereocenters. The van der Waals surface area contributed by atoms with Crippen LogP contribution in [0.3, 0.4) is 0 Å². The molecule has 0 aliphatic heterocycles. The smallest absolute Gasteiger partial charge is 0.252 e. The first-order valence-electron chi connectivity index (χ1n) is 6.52. The molecule has 1 aromatic heterocycles. The lowest BCUT2D eigenvalue weighted by Gasteiger charge is -2.05. The summed E-state index contributed by atoms with van der Waals surface area (Å²) in [6.45, 7) is 5.99. The number of hydrazone groups is 1. The second-order valence-electron chi connectivity index (χ2n) is 4.90. The number of nitrogens with one attached hydrogen (secondary N) is 2. The molecule has 0 saturated carbocycles. The van der Waals surface area contributed by atoms with Gasteiger partial charge in [0.25, 0.3) is 5.56 Å². The molecule has 20 heavy (non-hydrogen) atoms. The fourth-order valence-electron chi connectivity index (χ4n) is 1.72. The molecule has 5 heteroatoms. The van der Waals surface area contributed by atoms with Crippen LogP contribution in [0.15, 0.2) is 40.2 Å². The molecule has 0 saturated heterocycles. The Bertz CT molecular complexity index is 674. The van der Waals surface area contributed by atoms with Gasteiger partial charge in [0.05, 0.1) is 11.9 Å². The monoisotopic (exact) mass is 270 g/mol. The zero-order chi connectivity index (χ0) is 14.5. The minimum atomic E-state index is -0.183. The summed E-state index contributed by atoms with van der Waals surface area (Å²) >= 11 is 0. The summed E-state index contributed by atoms with van der Waals surface area (Å²) in [7, 11) is 0. The van der Waals surface area contributed by atoms with Gasteiger partial charge < -0.3 is 0 Å². The van der Waals surface area contributed by atoms with Gasteiger partial charge in [0.1, 0.15) is 0 Å². The van der Waals surface area contributed by atoms with Crippen molar-refractivity contribution in [1.29, 1.82) is 0 Å². The third-order valence-electron chi connectivity index (χ3n) is 2.92. The lowest BCUT2D eigenvalue weighted by atomic mass is 10.1. The van der Waals surface area contributed by atoms with Crippen LogP contribution in [0.4, 0.5) is 5.95 Å². The van der Waals surface area contributed by atoms with Gasteiger partial charge >= 0.3 is 0 Å². The summed E-state index contributed by atoms with van der Waals surface area (Å²) in [5.41, 5.74) is 5.47. The van der Waals surface area contributed by atoms with Gasteiger partial charge in [0.15, 0.2) is 0 Å². The van der Waals surface area contributed by atoms with Crippen molar-refractivity contribution in [2.75, 3.05) is 5.43 Å². The van der Waals surface area contributed by atoms with Crippen LogP contribution in [0.5, 0.6) is 0 Å². The first kappa shape index (κ1) is 14.0. The summed E-state index contributed by atoms with van der Waals surface area (Å²) in [5, 5.41) is 4.11. The highest BCUT2D eigenvalue weighted by Crippen LogP contribution is 2.10. The summed E-state index contributed by atoms with van der Waals surface area (Å²) in [6.07, 6.45) is 1.71. The fraction of sp³-hybridized carbons (Fsp3) is 0.267. The van der Waals surface area contributed by atoms with Gasteiger partial charge in [-0.25, -0.2) is 10.4 Å². The van der Waals surface area contributed by atoms with Crippen molar-refractivity contribution in [2.45, 2.75) is 26.7 Å². The van der Waals surface area contributed by atoms with Crippen molar-refractivity contribution < 1.29 is 0 Å². The normalized spacial score (nSPS) is 11.2. The number of aromatic amines is 1. The van der Waals surface area contributed by atoms with E-state index in [4.69, 9.17) is 0 Å². The van der Waals surface area contributed by atoms with Gasteiger partial charge in [-0.15, -0.1) is 0 Å².